The maximum absolute atomic E-state index is 6.07. The van der Waals surface area contributed by atoms with Gasteiger partial charge in [0.25, 0.3) is 0 Å². The Morgan fingerprint density at radius 1 is 1.17 bits per heavy atom. The molecular formula is C14H11ClN2O. The highest BCUT2D eigenvalue weighted by molar-refractivity contribution is 6.35. The van der Waals surface area contributed by atoms with E-state index in [9.17, 15) is 0 Å². The van der Waals surface area contributed by atoms with E-state index in [1.165, 1.54) is 5.56 Å². The van der Waals surface area contributed by atoms with Gasteiger partial charge in [-0.1, -0.05) is 29.3 Å². The summed E-state index contributed by atoms with van der Waals surface area (Å²) >= 11 is 6.07. The van der Waals surface area contributed by atoms with Gasteiger partial charge in [0, 0.05) is 11.3 Å². The summed E-state index contributed by atoms with van der Waals surface area (Å²) in [6.45, 7) is 2.04. The molecule has 3 aromatic rings. The number of nitrogens with two attached hydrogens (primary N) is 1. The molecule has 0 fully saturated rings. The molecule has 2 N–H and O–H groups in total. The average Bonchev–Trinajstić information content (AvgIpc) is 2.74. The topological polar surface area (TPSA) is 52.0 Å². The molecule has 0 aliphatic rings. The first-order valence-corrected chi connectivity index (χ1v) is 5.94. The molecule has 3 rings (SSSR count). The molecule has 1 heterocycles. The number of hydrogen-bond acceptors (Lipinski definition) is 3. The van der Waals surface area contributed by atoms with E-state index in [0.717, 1.165) is 5.56 Å². The molecule has 0 unspecified atom stereocenters. The molecular weight excluding hydrogens is 248 g/mol. The van der Waals surface area contributed by atoms with Gasteiger partial charge in [-0.3, -0.25) is 0 Å². The molecule has 0 radical (unpaired) electrons. The van der Waals surface area contributed by atoms with Gasteiger partial charge in [-0.15, -0.1) is 0 Å². The van der Waals surface area contributed by atoms with E-state index >= 15 is 0 Å². The van der Waals surface area contributed by atoms with Crippen LogP contribution < -0.4 is 5.73 Å². The van der Waals surface area contributed by atoms with Crippen molar-refractivity contribution in [3.8, 4) is 11.5 Å². The van der Waals surface area contributed by atoms with E-state index in [-0.39, 0.29) is 0 Å². The quantitative estimate of drug-likeness (QED) is 0.670. The van der Waals surface area contributed by atoms with Crippen molar-refractivity contribution in [3.05, 3.63) is 47.0 Å². The Kier molecular flexibility index (Phi) is 2.49. The number of anilines is 1. The number of rotatable bonds is 1. The van der Waals surface area contributed by atoms with E-state index in [2.05, 4.69) is 4.98 Å². The molecule has 0 saturated carbocycles. The van der Waals surface area contributed by atoms with Crippen LogP contribution in [-0.2, 0) is 0 Å². The summed E-state index contributed by atoms with van der Waals surface area (Å²) < 4.78 is 5.68. The second-order valence-corrected chi connectivity index (χ2v) is 4.64. The highest BCUT2D eigenvalue weighted by atomic mass is 35.5. The van der Waals surface area contributed by atoms with Crippen LogP contribution in [0.5, 0.6) is 0 Å². The van der Waals surface area contributed by atoms with Crippen molar-refractivity contribution < 1.29 is 4.42 Å². The zero-order valence-corrected chi connectivity index (χ0v) is 10.5. The lowest BCUT2D eigenvalue weighted by Crippen LogP contribution is -1.83. The number of nitrogen functional groups attached to an aromatic ring is 1. The van der Waals surface area contributed by atoms with Crippen molar-refractivity contribution in [2.45, 2.75) is 6.92 Å². The number of nitrogens with zero attached hydrogens (tertiary/aromatic N) is 1. The second-order valence-electron chi connectivity index (χ2n) is 4.24. The predicted molar refractivity (Wildman–Crippen MR) is 73.6 cm³/mol. The molecule has 4 heteroatoms. The Labute approximate surface area is 109 Å². The Morgan fingerprint density at radius 2 is 1.89 bits per heavy atom. The minimum absolute atomic E-state index is 0.482. The van der Waals surface area contributed by atoms with Crippen LogP contribution in [0.4, 0.5) is 5.69 Å². The zero-order valence-electron chi connectivity index (χ0n) is 9.77. The average molecular weight is 259 g/mol. The van der Waals surface area contributed by atoms with Crippen molar-refractivity contribution in [1.82, 2.24) is 4.98 Å². The number of fused-ring (bicyclic) bond motifs is 1. The lowest BCUT2D eigenvalue weighted by Gasteiger charge is -1.95. The smallest absolute Gasteiger partial charge is 0.227 e. The third kappa shape index (κ3) is 1.83. The molecule has 0 atom stereocenters. The normalized spacial score (nSPS) is 11.0. The molecule has 0 amide bonds. The van der Waals surface area contributed by atoms with E-state index in [1.807, 2.05) is 31.2 Å². The molecule has 18 heavy (non-hydrogen) atoms. The van der Waals surface area contributed by atoms with Crippen LogP contribution in [0.15, 0.2) is 40.8 Å². The van der Waals surface area contributed by atoms with Gasteiger partial charge in [0.2, 0.25) is 5.89 Å². The fourth-order valence-corrected chi connectivity index (χ4v) is 2.09. The molecule has 0 saturated heterocycles. The van der Waals surface area contributed by atoms with Gasteiger partial charge in [0.05, 0.1) is 5.02 Å². The first-order valence-electron chi connectivity index (χ1n) is 5.56. The standard InChI is InChI=1S/C14H11ClN2O/c1-8-2-4-9(5-3-8)14-17-12-7-10(16)6-11(15)13(12)18-14/h2-7H,16H2,1H3. The van der Waals surface area contributed by atoms with Crippen molar-refractivity contribution in [2.75, 3.05) is 5.73 Å². The first kappa shape index (κ1) is 11.1. The summed E-state index contributed by atoms with van der Waals surface area (Å²) in [4.78, 5) is 4.40. The van der Waals surface area contributed by atoms with E-state index in [4.69, 9.17) is 21.8 Å². The maximum Gasteiger partial charge on any atom is 0.227 e. The minimum Gasteiger partial charge on any atom is -0.435 e. The molecule has 0 bridgehead atoms. The van der Waals surface area contributed by atoms with Gasteiger partial charge >= 0.3 is 0 Å². The van der Waals surface area contributed by atoms with Crippen LogP contribution >= 0.6 is 11.6 Å². The molecule has 3 nitrogen and oxygen atoms in total. The van der Waals surface area contributed by atoms with Crippen molar-refractivity contribution >= 4 is 28.4 Å². The molecule has 0 aliphatic carbocycles. The van der Waals surface area contributed by atoms with Gasteiger partial charge in [0.1, 0.15) is 5.52 Å². The first-order chi connectivity index (χ1) is 8.63. The van der Waals surface area contributed by atoms with Crippen molar-refractivity contribution in [1.29, 1.82) is 0 Å². The summed E-state index contributed by atoms with van der Waals surface area (Å²) in [6.07, 6.45) is 0. The fraction of sp³-hybridized carbons (Fsp3) is 0.0714. The fourth-order valence-electron chi connectivity index (χ4n) is 1.83. The number of aryl methyl sites for hydroxylation is 1. The highest BCUT2D eigenvalue weighted by Gasteiger charge is 2.11. The monoisotopic (exact) mass is 258 g/mol. The van der Waals surface area contributed by atoms with Crippen molar-refractivity contribution in [3.63, 3.8) is 0 Å². The van der Waals surface area contributed by atoms with Gasteiger partial charge in [-0.25, -0.2) is 4.98 Å². The third-order valence-corrected chi connectivity index (χ3v) is 3.05. The summed E-state index contributed by atoms with van der Waals surface area (Å²) in [5, 5.41) is 0.482. The Balaban J connectivity index is 2.19. The Morgan fingerprint density at radius 3 is 2.61 bits per heavy atom. The minimum atomic E-state index is 0.482. The summed E-state index contributed by atoms with van der Waals surface area (Å²) in [5.41, 5.74) is 9.67. The van der Waals surface area contributed by atoms with Gasteiger partial charge in [-0.05, 0) is 31.2 Å². The van der Waals surface area contributed by atoms with E-state index < -0.39 is 0 Å². The molecule has 90 valence electrons. The van der Waals surface area contributed by atoms with E-state index in [1.54, 1.807) is 12.1 Å². The van der Waals surface area contributed by atoms with Gasteiger partial charge < -0.3 is 10.2 Å². The zero-order chi connectivity index (χ0) is 12.7. The molecule has 2 aromatic carbocycles. The van der Waals surface area contributed by atoms with Crippen molar-refractivity contribution in [2.24, 2.45) is 0 Å². The number of hydrogen-bond donors (Lipinski definition) is 1. The van der Waals surface area contributed by atoms with E-state index in [0.29, 0.717) is 27.7 Å². The lowest BCUT2D eigenvalue weighted by atomic mass is 10.1. The van der Waals surface area contributed by atoms with Crippen LogP contribution in [0.25, 0.3) is 22.6 Å². The summed E-state index contributed by atoms with van der Waals surface area (Å²) in [6, 6.07) is 11.4. The Hall–Kier alpha value is -2.00. The second kappa shape index (κ2) is 4.03. The Bertz CT molecular complexity index is 716. The third-order valence-electron chi connectivity index (χ3n) is 2.77. The molecule has 1 aromatic heterocycles. The summed E-state index contributed by atoms with van der Waals surface area (Å²) in [5.74, 6) is 0.553. The number of oxazole rings is 1. The van der Waals surface area contributed by atoms with Crippen LogP contribution in [0, 0.1) is 6.92 Å². The van der Waals surface area contributed by atoms with Crippen LogP contribution in [-0.4, -0.2) is 4.98 Å². The van der Waals surface area contributed by atoms with Gasteiger partial charge in [0.15, 0.2) is 5.58 Å². The number of aromatic nitrogens is 1. The summed E-state index contributed by atoms with van der Waals surface area (Å²) in [7, 11) is 0. The van der Waals surface area contributed by atoms with Gasteiger partial charge in [-0.2, -0.15) is 0 Å². The van der Waals surface area contributed by atoms with Crippen LogP contribution in [0.3, 0.4) is 0 Å². The lowest BCUT2D eigenvalue weighted by molar-refractivity contribution is 0.620. The molecule has 0 aliphatic heterocycles. The van der Waals surface area contributed by atoms with Crippen LogP contribution in [0.2, 0.25) is 5.02 Å². The SMILES string of the molecule is Cc1ccc(-c2nc3cc(N)cc(Cl)c3o2)cc1. The number of benzene rings is 2. The largest absolute Gasteiger partial charge is 0.435 e. The molecule has 0 spiro atoms. The maximum atomic E-state index is 6.07. The highest BCUT2D eigenvalue weighted by Crippen LogP contribution is 2.31. The number of halogens is 1. The predicted octanol–water partition coefficient (Wildman–Crippen LogP) is 4.04. The van der Waals surface area contributed by atoms with Crippen LogP contribution in [0.1, 0.15) is 5.56 Å².